The van der Waals surface area contributed by atoms with Gasteiger partial charge in [-0.3, -0.25) is 14.4 Å². The van der Waals surface area contributed by atoms with Crippen LogP contribution in [0.5, 0.6) is 0 Å². The molecule has 1 aromatic carbocycles. The molecule has 1 aromatic rings. The molecule has 0 aliphatic rings. The second kappa shape index (κ2) is 11.0. The van der Waals surface area contributed by atoms with Crippen molar-refractivity contribution in [2.75, 3.05) is 0 Å². The largest absolute Gasteiger partial charge is 0.481 e. The van der Waals surface area contributed by atoms with Crippen molar-refractivity contribution in [3.05, 3.63) is 35.9 Å². The molecule has 0 saturated carbocycles. The minimum atomic E-state index is -1.59. The Morgan fingerprint density at radius 2 is 1.64 bits per heavy atom. The smallest absolute Gasteiger partial charge is 0.326 e. The monoisotopic (exact) mass is 393 g/mol. The third kappa shape index (κ3) is 7.36. The highest BCUT2D eigenvalue weighted by atomic mass is 16.4. The number of aliphatic carboxylic acids is 2. The second-order valence-electron chi connectivity index (χ2n) is 6.67. The standard InChI is InChI=1S/C19H27N3O6/c1-3-11(2)16(18(26)21-14(19(27)28)10-15(23)24)22-17(25)13(20)9-12-7-5-4-6-8-12/h4-8,11,13-14,16H,3,9-10,20H2,1-2H3,(H,21,26)(H,22,25)(H,23,24)(H,27,28). The summed E-state index contributed by atoms with van der Waals surface area (Å²) in [6, 6.07) is 5.63. The average molecular weight is 393 g/mol. The van der Waals surface area contributed by atoms with Gasteiger partial charge in [0.05, 0.1) is 12.5 Å². The molecule has 0 aromatic heterocycles. The molecule has 28 heavy (non-hydrogen) atoms. The summed E-state index contributed by atoms with van der Waals surface area (Å²) in [7, 11) is 0. The van der Waals surface area contributed by atoms with Crippen molar-refractivity contribution in [2.45, 2.75) is 51.2 Å². The van der Waals surface area contributed by atoms with E-state index < -0.39 is 48.3 Å². The van der Waals surface area contributed by atoms with E-state index in [1.807, 2.05) is 37.3 Å². The zero-order valence-corrected chi connectivity index (χ0v) is 15.9. The van der Waals surface area contributed by atoms with Gasteiger partial charge < -0.3 is 26.6 Å². The Hall–Kier alpha value is -2.94. The van der Waals surface area contributed by atoms with E-state index in [2.05, 4.69) is 10.6 Å². The average Bonchev–Trinajstić information content (AvgIpc) is 2.64. The van der Waals surface area contributed by atoms with Crippen molar-refractivity contribution in [1.82, 2.24) is 10.6 Å². The van der Waals surface area contributed by atoms with Gasteiger partial charge in [-0.25, -0.2) is 4.79 Å². The minimum Gasteiger partial charge on any atom is -0.481 e. The van der Waals surface area contributed by atoms with Crippen molar-refractivity contribution < 1.29 is 29.4 Å². The van der Waals surface area contributed by atoms with Crippen LogP contribution in [0.4, 0.5) is 0 Å². The zero-order chi connectivity index (χ0) is 21.3. The number of carbonyl (C=O) groups is 4. The number of nitrogens with one attached hydrogen (secondary N) is 2. The van der Waals surface area contributed by atoms with E-state index in [4.69, 9.17) is 15.9 Å². The first-order chi connectivity index (χ1) is 13.1. The molecular weight excluding hydrogens is 366 g/mol. The lowest BCUT2D eigenvalue weighted by Crippen LogP contribution is -2.57. The number of hydrogen-bond acceptors (Lipinski definition) is 5. The SMILES string of the molecule is CCC(C)C(NC(=O)C(N)Cc1ccccc1)C(=O)NC(CC(=O)O)C(=O)O. The van der Waals surface area contributed by atoms with Gasteiger partial charge in [0.15, 0.2) is 0 Å². The number of nitrogens with two attached hydrogens (primary N) is 1. The molecule has 1 rings (SSSR count). The van der Waals surface area contributed by atoms with Gasteiger partial charge in [-0.2, -0.15) is 0 Å². The Labute approximate surface area is 163 Å². The van der Waals surface area contributed by atoms with Crippen LogP contribution in [0.1, 0.15) is 32.3 Å². The number of rotatable bonds is 11. The van der Waals surface area contributed by atoms with Crippen molar-refractivity contribution in [3.63, 3.8) is 0 Å². The van der Waals surface area contributed by atoms with Gasteiger partial charge in [-0.05, 0) is 17.9 Å². The van der Waals surface area contributed by atoms with Crippen LogP contribution in [0.15, 0.2) is 30.3 Å². The maximum atomic E-state index is 12.5. The van der Waals surface area contributed by atoms with Crippen LogP contribution in [-0.2, 0) is 25.6 Å². The maximum Gasteiger partial charge on any atom is 0.326 e. The quantitative estimate of drug-likeness (QED) is 0.357. The number of carboxylic acid groups (broad SMARTS) is 2. The summed E-state index contributed by atoms with van der Waals surface area (Å²) < 4.78 is 0. The molecule has 0 saturated heterocycles. The molecule has 0 radical (unpaired) electrons. The Morgan fingerprint density at radius 1 is 1.04 bits per heavy atom. The summed E-state index contributed by atoms with van der Waals surface area (Å²) in [5.74, 6) is -4.45. The van der Waals surface area contributed by atoms with Gasteiger partial charge in [-0.15, -0.1) is 0 Å². The van der Waals surface area contributed by atoms with Crippen LogP contribution in [0, 0.1) is 5.92 Å². The first-order valence-electron chi connectivity index (χ1n) is 9.00. The zero-order valence-electron chi connectivity index (χ0n) is 15.9. The van der Waals surface area contributed by atoms with Gasteiger partial charge in [0.1, 0.15) is 12.1 Å². The summed E-state index contributed by atoms with van der Waals surface area (Å²) in [6.07, 6.45) is 0.0387. The highest BCUT2D eigenvalue weighted by Gasteiger charge is 2.31. The lowest BCUT2D eigenvalue weighted by atomic mass is 9.97. The molecule has 9 nitrogen and oxygen atoms in total. The highest BCUT2D eigenvalue weighted by Crippen LogP contribution is 2.10. The van der Waals surface area contributed by atoms with E-state index in [1.165, 1.54) is 0 Å². The van der Waals surface area contributed by atoms with E-state index in [-0.39, 0.29) is 12.3 Å². The first kappa shape index (κ1) is 23.1. The fourth-order valence-electron chi connectivity index (χ4n) is 2.56. The lowest BCUT2D eigenvalue weighted by Gasteiger charge is -2.26. The Bertz CT molecular complexity index is 694. The molecule has 0 aliphatic heterocycles. The molecule has 0 heterocycles. The van der Waals surface area contributed by atoms with Gasteiger partial charge in [-0.1, -0.05) is 50.6 Å². The number of amides is 2. The summed E-state index contributed by atoms with van der Waals surface area (Å²) in [6.45, 7) is 3.53. The predicted molar refractivity (Wildman–Crippen MR) is 101 cm³/mol. The van der Waals surface area contributed by atoms with Crippen LogP contribution < -0.4 is 16.4 Å². The molecule has 4 atom stereocenters. The summed E-state index contributed by atoms with van der Waals surface area (Å²) in [4.78, 5) is 47.0. The molecule has 0 fully saturated rings. The molecule has 0 bridgehead atoms. The van der Waals surface area contributed by atoms with Gasteiger partial charge >= 0.3 is 11.9 Å². The first-order valence-corrected chi connectivity index (χ1v) is 9.00. The molecule has 0 aliphatic carbocycles. The number of carboxylic acids is 2. The van der Waals surface area contributed by atoms with E-state index in [9.17, 15) is 19.2 Å². The third-order valence-electron chi connectivity index (χ3n) is 4.42. The normalized spacial score (nSPS) is 15.0. The molecule has 0 spiro atoms. The molecule has 4 unspecified atom stereocenters. The summed E-state index contributed by atoms with van der Waals surface area (Å²) >= 11 is 0. The fraction of sp³-hybridized carbons (Fsp3) is 0.474. The van der Waals surface area contributed by atoms with E-state index >= 15 is 0 Å². The molecular formula is C19H27N3O6. The van der Waals surface area contributed by atoms with Crippen molar-refractivity contribution in [3.8, 4) is 0 Å². The van der Waals surface area contributed by atoms with Gasteiger partial charge in [0, 0.05) is 0 Å². The predicted octanol–water partition coefficient (Wildman–Crippen LogP) is 0.131. The molecule has 2 amide bonds. The lowest BCUT2D eigenvalue weighted by molar-refractivity contribution is -0.147. The second-order valence-corrected chi connectivity index (χ2v) is 6.67. The van der Waals surface area contributed by atoms with Crippen LogP contribution >= 0.6 is 0 Å². The third-order valence-corrected chi connectivity index (χ3v) is 4.42. The molecule has 9 heteroatoms. The van der Waals surface area contributed by atoms with Crippen LogP contribution in [0.3, 0.4) is 0 Å². The fourth-order valence-corrected chi connectivity index (χ4v) is 2.56. The number of benzene rings is 1. The summed E-state index contributed by atoms with van der Waals surface area (Å²) in [5.41, 5.74) is 6.80. The molecule has 6 N–H and O–H groups in total. The summed E-state index contributed by atoms with van der Waals surface area (Å²) in [5, 5.41) is 22.6. The van der Waals surface area contributed by atoms with Gasteiger partial charge in [0.25, 0.3) is 0 Å². The number of carbonyl (C=O) groups excluding carboxylic acids is 2. The maximum absolute atomic E-state index is 12.5. The van der Waals surface area contributed by atoms with Crippen LogP contribution in [0.2, 0.25) is 0 Å². The van der Waals surface area contributed by atoms with Gasteiger partial charge in [0.2, 0.25) is 11.8 Å². The topological polar surface area (TPSA) is 159 Å². The Balaban J connectivity index is 2.83. The van der Waals surface area contributed by atoms with Crippen LogP contribution in [0.25, 0.3) is 0 Å². The van der Waals surface area contributed by atoms with Crippen molar-refractivity contribution in [1.29, 1.82) is 0 Å². The Kier molecular flexibility index (Phi) is 9.10. The molecule has 154 valence electrons. The highest BCUT2D eigenvalue weighted by molar-refractivity contribution is 5.93. The van der Waals surface area contributed by atoms with Crippen LogP contribution in [-0.4, -0.2) is 52.1 Å². The van der Waals surface area contributed by atoms with E-state index in [1.54, 1.807) is 6.92 Å². The van der Waals surface area contributed by atoms with E-state index in [0.717, 1.165) is 5.56 Å². The number of hydrogen-bond donors (Lipinski definition) is 5. The van der Waals surface area contributed by atoms with Crippen molar-refractivity contribution >= 4 is 23.8 Å². The van der Waals surface area contributed by atoms with Crippen molar-refractivity contribution in [2.24, 2.45) is 11.7 Å². The van der Waals surface area contributed by atoms with E-state index in [0.29, 0.717) is 6.42 Å². The minimum absolute atomic E-state index is 0.276. The Morgan fingerprint density at radius 3 is 2.14 bits per heavy atom.